The second kappa shape index (κ2) is 5.37. The van der Waals surface area contributed by atoms with Crippen LogP contribution in [0.5, 0.6) is 0 Å². The Morgan fingerprint density at radius 3 is 3.00 bits per heavy atom. The number of hydrogen-bond acceptors (Lipinski definition) is 2. The third-order valence-electron chi connectivity index (χ3n) is 3.99. The summed E-state index contributed by atoms with van der Waals surface area (Å²) in [5.41, 5.74) is 3.92. The van der Waals surface area contributed by atoms with E-state index in [4.69, 9.17) is 0 Å². The molecule has 106 valence electrons. The SMILES string of the molecule is CNC(=O)Cn1c2c(c3cccc(I)c31)CN(C)CC2. The van der Waals surface area contributed by atoms with E-state index in [1.807, 2.05) is 0 Å². The maximum atomic E-state index is 11.8. The predicted octanol–water partition coefficient (Wildman–Crippen LogP) is 1.98. The normalized spacial score (nSPS) is 15.3. The summed E-state index contributed by atoms with van der Waals surface area (Å²) in [6, 6.07) is 6.39. The molecule has 3 rings (SSSR count). The Labute approximate surface area is 132 Å². The zero-order valence-corrected chi connectivity index (χ0v) is 13.9. The van der Waals surface area contributed by atoms with Gasteiger partial charge in [-0.3, -0.25) is 4.79 Å². The number of likely N-dealkylation sites (N-methyl/N-ethyl adjacent to an activating group) is 2. The molecule has 5 heteroatoms. The van der Waals surface area contributed by atoms with E-state index in [1.165, 1.54) is 25.7 Å². The minimum Gasteiger partial charge on any atom is -0.358 e. The molecule has 1 aliphatic rings. The number of para-hydroxylation sites is 1. The molecular formula is C15H18IN3O. The Morgan fingerprint density at radius 1 is 1.45 bits per heavy atom. The van der Waals surface area contributed by atoms with Crippen LogP contribution in [-0.4, -0.2) is 36.0 Å². The molecule has 0 fully saturated rings. The average molecular weight is 383 g/mol. The molecule has 0 saturated heterocycles. The van der Waals surface area contributed by atoms with Crippen LogP contribution in [0.3, 0.4) is 0 Å². The van der Waals surface area contributed by atoms with Crippen molar-refractivity contribution >= 4 is 39.4 Å². The van der Waals surface area contributed by atoms with Crippen molar-refractivity contribution in [2.75, 3.05) is 20.6 Å². The summed E-state index contributed by atoms with van der Waals surface area (Å²) in [5.74, 6) is 0.0586. The lowest BCUT2D eigenvalue weighted by atomic mass is 10.1. The Balaban J connectivity index is 2.24. The highest BCUT2D eigenvalue weighted by atomic mass is 127. The van der Waals surface area contributed by atoms with Gasteiger partial charge in [-0.1, -0.05) is 12.1 Å². The minimum atomic E-state index is 0.0586. The molecule has 20 heavy (non-hydrogen) atoms. The molecule has 1 aromatic heterocycles. The highest BCUT2D eigenvalue weighted by Gasteiger charge is 2.24. The van der Waals surface area contributed by atoms with Gasteiger partial charge in [0, 0.05) is 41.2 Å². The van der Waals surface area contributed by atoms with Gasteiger partial charge in [-0.25, -0.2) is 0 Å². The first-order valence-electron chi connectivity index (χ1n) is 6.79. The van der Waals surface area contributed by atoms with E-state index < -0.39 is 0 Å². The third kappa shape index (κ3) is 2.22. The monoisotopic (exact) mass is 383 g/mol. The average Bonchev–Trinajstić information content (AvgIpc) is 2.74. The summed E-state index contributed by atoms with van der Waals surface area (Å²) in [7, 11) is 3.85. The van der Waals surface area contributed by atoms with Crippen LogP contribution in [-0.2, 0) is 24.3 Å². The fourth-order valence-electron chi connectivity index (χ4n) is 2.99. The molecule has 0 unspecified atom stereocenters. The molecule has 0 bridgehead atoms. The van der Waals surface area contributed by atoms with Crippen LogP contribution in [0, 0.1) is 3.57 Å². The van der Waals surface area contributed by atoms with Crippen LogP contribution in [0.2, 0.25) is 0 Å². The smallest absolute Gasteiger partial charge is 0.239 e. The Bertz CT molecular complexity index is 677. The van der Waals surface area contributed by atoms with Crippen LogP contribution in [0.4, 0.5) is 0 Å². The van der Waals surface area contributed by atoms with Crippen LogP contribution in [0.15, 0.2) is 18.2 Å². The molecule has 0 atom stereocenters. The van der Waals surface area contributed by atoms with Gasteiger partial charge in [0.05, 0.1) is 5.52 Å². The number of fused-ring (bicyclic) bond motifs is 3. The van der Waals surface area contributed by atoms with Gasteiger partial charge in [0.2, 0.25) is 5.91 Å². The number of benzene rings is 1. The van der Waals surface area contributed by atoms with E-state index in [0.29, 0.717) is 6.54 Å². The number of rotatable bonds is 2. The number of nitrogens with zero attached hydrogens (tertiary/aromatic N) is 2. The summed E-state index contributed by atoms with van der Waals surface area (Å²) in [6.07, 6.45) is 1.01. The minimum absolute atomic E-state index is 0.0586. The molecule has 1 aromatic carbocycles. The van der Waals surface area contributed by atoms with Crippen molar-refractivity contribution in [3.05, 3.63) is 33.0 Å². The quantitative estimate of drug-likeness (QED) is 0.806. The number of carbonyl (C=O) groups is 1. The number of hydrogen-bond donors (Lipinski definition) is 1. The van der Waals surface area contributed by atoms with Crippen molar-refractivity contribution in [3.63, 3.8) is 0 Å². The Kier molecular flexibility index (Phi) is 3.72. The number of nitrogens with one attached hydrogen (secondary N) is 1. The fourth-order valence-corrected chi connectivity index (χ4v) is 3.78. The van der Waals surface area contributed by atoms with E-state index in [9.17, 15) is 4.79 Å². The maximum absolute atomic E-state index is 11.8. The third-order valence-corrected chi connectivity index (χ3v) is 4.87. The van der Waals surface area contributed by atoms with Crippen LogP contribution in [0.25, 0.3) is 10.9 Å². The zero-order chi connectivity index (χ0) is 14.3. The molecule has 4 nitrogen and oxygen atoms in total. The van der Waals surface area contributed by atoms with Gasteiger partial charge >= 0.3 is 0 Å². The first-order chi connectivity index (χ1) is 9.61. The Morgan fingerprint density at radius 2 is 2.25 bits per heavy atom. The number of aromatic nitrogens is 1. The molecule has 1 aliphatic heterocycles. The topological polar surface area (TPSA) is 37.3 Å². The number of halogens is 1. The zero-order valence-electron chi connectivity index (χ0n) is 11.7. The summed E-state index contributed by atoms with van der Waals surface area (Å²) in [6.45, 7) is 2.42. The van der Waals surface area contributed by atoms with E-state index in [-0.39, 0.29) is 5.91 Å². The molecule has 1 amide bonds. The lowest BCUT2D eigenvalue weighted by molar-refractivity contribution is -0.121. The second-order valence-corrected chi connectivity index (χ2v) is 6.47. The summed E-state index contributed by atoms with van der Waals surface area (Å²) in [4.78, 5) is 14.2. The van der Waals surface area contributed by atoms with Crippen LogP contribution < -0.4 is 5.32 Å². The lowest BCUT2D eigenvalue weighted by Crippen LogP contribution is -2.29. The maximum Gasteiger partial charge on any atom is 0.239 e. The summed E-state index contributed by atoms with van der Waals surface area (Å²) >= 11 is 2.36. The van der Waals surface area contributed by atoms with E-state index >= 15 is 0 Å². The molecule has 1 N–H and O–H groups in total. The molecule has 2 aromatic rings. The largest absolute Gasteiger partial charge is 0.358 e. The second-order valence-electron chi connectivity index (χ2n) is 5.31. The number of carbonyl (C=O) groups excluding carboxylic acids is 1. The summed E-state index contributed by atoms with van der Waals surface area (Å²) < 4.78 is 3.42. The van der Waals surface area contributed by atoms with E-state index in [0.717, 1.165) is 19.5 Å². The first kappa shape index (κ1) is 13.9. The predicted molar refractivity (Wildman–Crippen MR) is 88.8 cm³/mol. The highest BCUT2D eigenvalue weighted by Crippen LogP contribution is 2.33. The first-order valence-corrected chi connectivity index (χ1v) is 7.87. The number of amides is 1. The van der Waals surface area contributed by atoms with Crippen molar-refractivity contribution in [1.29, 1.82) is 0 Å². The van der Waals surface area contributed by atoms with Gasteiger partial charge < -0.3 is 14.8 Å². The molecule has 0 radical (unpaired) electrons. The van der Waals surface area contributed by atoms with Gasteiger partial charge in [0.25, 0.3) is 0 Å². The van der Waals surface area contributed by atoms with Gasteiger partial charge in [-0.2, -0.15) is 0 Å². The Hall–Kier alpha value is -1.08. The van der Waals surface area contributed by atoms with Gasteiger partial charge in [-0.15, -0.1) is 0 Å². The molecule has 2 heterocycles. The van der Waals surface area contributed by atoms with Gasteiger partial charge in [-0.05, 0) is 41.3 Å². The van der Waals surface area contributed by atoms with Crippen molar-refractivity contribution < 1.29 is 4.79 Å². The molecule has 0 aliphatic carbocycles. The van der Waals surface area contributed by atoms with Crippen molar-refractivity contribution in [1.82, 2.24) is 14.8 Å². The van der Waals surface area contributed by atoms with E-state index in [1.54, 1.807) is 7.05 Å². The van der Waals surface area contributed by atoms with Crippen LogP contribution in [0.1, 0.15) is 11.3 Å². The van der Waals surface area contributed by atoms with E-state index in [2.05, 4.69) is 62.6 Å². The fraction of sp³-hybridized carbons (Fsp3) is 0.400. The summed E-state index contributed by atoms with van der Waals surface area (Å²) in [5, 5.41) is 4.02. The van der Waals surface area contributed by atoms with Gasteiger partial charge in [0.1, 0.15) is 6.54 Å². The van der Waals surface area contributed by atoms with Crippen LogP contribution >= 0.6 is 22.6 Å². The van der Waals surface area contributed by atoms with Crippen molar-refractivity contribution in [2.45, 2.75) is 19.5 Å². The molecule has 0 spiro atoms. The lowest BCUT2D eigenvalue weighted by Gasteiger charge is -2.24. The standard InChI is InChI=1S/C15H18IN3O/c1-17-14(20)9-19-13-6-7-18(2)8-11(13)10-4-3-5-12(16)15(10)19/h3-5H,6-9H2,1-2H3,(H,17,20). The highest BCUT2D eigenvalue weighted by molar-refractivity contribution is 14.1. The molecular weight excluding hydrogens is 365 g/mol. The van der Waals surface area contributed by atoms with Gasteiger partial charge in [0.15, 0.2) is 0 Å². The van der Waals surface area contributed by atoms with Crippen molar-refractivity contribution in [2.24, 2.45) is 0 Å². The molecule has 0 saturated carbocycles. The van der Waals surface area contributed by atoms with Crippen molar-refractivity contribution in [3.8, 4) is 0 Å².